The van der Waals surface area contributed by atoms with Crippen LogP contribution in [0.4, 0.5) is 0 Å². The maximum absolute atomic E-state index is 12.9. The van der Waals surface area contributed by atoms with E-state index in [1.807, 2.05) is 32.6 Å². The van der Waals surface area contributed by atoms with Crippen LogP contribution in [0.1, 0.15) is 54.1 Å². The monoisotopic (exact) mass is 330 g/mol. The summed E-state index contributed by atoms with van der Waals surface area (Å²) in [5.74, 6) is 1.29. The van der Waals surface area contributed by atoms with E-state index in [0.717, 1.165) is 54.3 Å². The summed E-state index contributed by atoms with van der Waals surface area (Å²) in [6, 6.07) is 2.09. The molecule has 0 radical (unpaired) electrons. The highest BCUT2D eigenvalue weighted by Gasteiger charge is 2.29. The van der Waals surface area contributed by atoms with Crippen LogP contribution in [0.2, 0.25) is 0 Å². The summed E-state index contributed by atoms with van der Waals surface area (Å²) >= 11 is 0. The summed E-state index contributed by atoms with van der Waals surface area (Å²) in [6.45, 7) is 9.44. The largest absolute Gasteiger partial charge is 0.361 e. The molecule has 0 aliphatic carbocycles. The van der Waals surface area contributed by atoms with E-state index >= 15 is 0 Å². The van der Waals surface area contributed by atoms with E-state index in [1.165, 1.54) is 0 Å². The molecule has 2 unspecified atom stereocenters. The molecule has 1 aliphatic rings. The van der Waals surface area contributed by atoms with Gasteiger partial charge < -0.3 is 9.42 Å². The van der Waals surface area contributed by atoms with E-state index in [9.17, 15) is 4.79 Å². The first-order chi connectivity index (χ1) is 11.5. The van der Waals surface area contributed by atoms with E-state index in [0.29, 0.717) is 12.3 Å². The van der Waals surface area contributed by atoms with Crippen LogP contribution in [0.5, 0.6) is 0 Å². The molecule has 1 N–H and O–H groups in total. The molecule has 6 heteroatoms. The number of nitrogens with one attached hydrogen (secondary N) is 1. The van der Waals surface area contributed by atoms with Crippen LogP contribution < -0.4 is 0 Å². The number of aryl methyl sites for hydroxylation is 3. The normalized spacial score (nSPS) is 19.5. The van der Waals surface area contributed by atoms with Crippen molar-refractivity contribution in [3.05, 3.63) is 34.5 Å². The first-order valence-corrected chi connectivity index (χ1v) is 8.68. The highest BCUT2D eigenvalue weighted by molar-refractivity contribution is 5.79. The van der Waals surface area contributed by atoms with Gasteiger partial charge in [-0.3, -0.25) is 9.89 Å². The molecule has 2 aromatic rings. The summed E-state index contributed by atoms with van der Waals surface area (Å²) in [5, 5.41) is 11.4. The number of likely N-dealkylation sites (tertiary alicyclic amines) is 1. The average molecular weight is 330 g/mol. The second kappa shape index (κ2) is 6.79. The fraction of sp³-hybridized carbons (Fsp3) is 0.611. The van der Waals surface area contributed by atoms with Crippen LogP contribution in [-0.4, -0.2) is 39.3 Å². The van der Waals surface area contributed by atoms with Crippen LogP contribution in [0.25, 0.3) is 0 Å². The zero-order valence-corrected chi connectivity index (χ0v) is 14.9. The molecule has 6 nitrogen and oxygen atoms in total. The Morgan fingerprint density at radius 1 is 1.46 bits per heavy atom. The molecule has 1 fully saturated rings. The van der Waals surface area contributed by atoms with E-state index in [-0.39, 0.29) is 11.8 Å². The van der Waals surface area contributed by atoms with Crippen molar-refractivity contribution >= 4 is 5.91 Å². The quantitative estimate of drug-likeness (QED) is 0.935. The third kappa shape index (κ3) is 3.37. The molecule has 1 amide bonds. The van der Waals surface area contributed by atoms with Gasteiger partial charge in [0.25, 0.3) is 0 Å². The van der Waals surface area contributed by atoms with Crippen LogP contribution in [0, 0.1) is 26.7 Å². The topological polar surface area (TPSA) is 75.0 Å². The summed E-state index contributed by atoms with van der Waals surface area (Å²) in [6.07, 6.45) is 2.80. The lowest BCUT2D eigenvalue weighted by atomic mass is 9.92. The Balaban J connectivity index is 1.65. The standard InChI is InChI=1S/C18H26N4O2/c1-11(8-16-13(3)21-24-14(16)4)18(23)22-7-5-6-15(10-22)17-9-12(2)19-20-17/h9,11,15H,5-8,10H2,1-4H3,(H,19,20). The van der Waals surface area contributed by atoms with Crippen molar-refractivity contribution in [3.63, 3.8) is 0 Å². The lowest BCUT2D eigenvalue weighted by molar-refractivity contribution is -0.136. The Hall–Kier alpha value is -2.11. The van der Waals surface area contributed by atoms with Gasteiger partial charge >= 0.3 is 0 Å². The Labute approximate surface area is 142 Å². The van der Waals surface area contributed by atoms with Crippen molar-refractivity contribution in [2.24, 2.45) is 5.92 Å². The number of carbonyl (C=O) groups is 1. The van der Waals surface area contributed by atoms with Crippen molar-refractivity contribution < 1.29 is 9.32 Å². The number of hydrogen-bond donors (Lipinski definition) is 1. The third-order valence-corrected chi connectivity index (χ3v) is 4.99. The number of amides is 1. The number of piperidine rings is 1. The number of H-pyrrole nitrogens is 1. The van der Waals surface area contributed by atoms with Gasteiger partial charge in [-0.2, -0.15) is 5.10 Å². The van der Waals surface area contributed by atoms with Crippen molar-refractivity contribution in [2.75, 3.05) is 13.1 Å². The number of aromatic amines is 1. The minimum absolute atomic E-state index is 0.0681. The summed E-state index contributed by atoms with van der Waals surface area (Å²) in [5.41, 5.74) is 4.09. The van der Waals surface area contributed by atoms with Crippen molar-refractivity contribution in [3.8, 4) is 0 Å². The Bertz CT molecular complexity index is 699. The maximum Gasteiger partial charge on any atom is 0.225 e. The summed E-state index contributed by atoms with van der Waals surface area (Å²) < 4.78 is 5.21. The van der Waals surface area contributed by atoms with Crippen LogP contribution >= 0.6 is 0 Å². The molecule has 2 atom stereocenters. The van der Waals surface area contributed by atoms with Crippen LogP contribution in [-0.2, 0) is 11.2 Å². The second-order valence-electron chi connectivity index (χ2n) is 7.01. The Kier molecular flexibility index (Phi) is 4.73. The average Bonchev–Trinajstić information content (AvgIpc) is 3.15. The number of rotatable bonds is 4. The predicted octanol–water partition coefficient (Wildman–Crippen LogP) is 2.91. The molecular formula is C18H26N4O2. The number of hydrogen-bond acceptors (Lipinski definition) is 4. The van der Waals surface area contributed by atoms with Gasteiger partial charge in [-0.05, 0) is 46.1 Å². The molecule has 1 saturated heterocycles. The molecular weight excluding hydrogens is 304 g/mol. The molecule has 2 aromatic heterocycles. The van der Waals surface area contributed by atoms with E-state index in [1.54, 1.807) is 0 Å². The Morgan fingerprint density at radius 3 is 2.88 bits per heavy atom. The maximum atomic E-state index is 12.9. The molecule has 3 rings (SSSR count). The molecule has 0 bridgehead atoms. The van der Waals surface area contributed by atoms with Crippen molar-refractivity contribution in [1.82, 2.24) is 20.3 Å². The molecule has 130 valence electrons. The number of aromatic nitrogens is 3. The Morgan fingerprint density at radius 2 is 2.25 bits per heavy atom. The van der Waals surface area contributed by atoms with E-state index in [4.69, 9.17) is 4.52 Å². The SMILES string of the molecule is Cc1cc(C2CCCN(C(=O)C(C)Cc3c(C)noc3C)C2)n[nH]1. The number of nitrogens with zero attached hydrogens (tertiary/aromatic N) is 3. The van der Waals surface area contributed by atoms with Gasteiger partial charge in [0, 0.05) is 36.2 Å². The van der Waals surface area contributed by atoms with Gasteiger partial charge in [0.1, 0.15) is 5.76 Å². The minimum Gasteiger partial charge on any atom is -0.361 e. The lowest BCUT2D eigenvalue weighted by Gasteiger charge is -2.33. The lowest BCUT2D eigenvalue weighted by Crippen LogP contribution is -2.42. The third-order valence-electron chi connectivity index (χ3n) is 4.99. The van der Waals surface area contributed by atoms with Gasteiger partial charge in [0.05, 0.1) is 11.4 Å². The summed E-state index contributed by atoms with van der Waals surface area (Å²) in [7, 11) is 0. The molecule has 24 heavy (non-hydrogen) atoms. The smallest absolute Gasteiger partial charge is 0.225 e. The van der Waals surface area contributed by atoms with Crippen molar-refractivity contribution in [1.29, 1.82) is 0 Å². The molecule has 1 aliphatic heterocycles. The van der Waals surface area contributed by atoms with Gasteiger partial charge in [-0.15, -0.1) is 0 Å². The van der Waals surface area contributed by atoms with Crippen LogP contribution in [0.15, 0.2) is 10.6 Å². The predicted molar refractivity (Wildman–Crippen MR) is 90.7 cm³/mol. The summed E-state index contributed by atoms with van der Waals surface area (Å²) in [4.78, 5) is 14.9. The van der Waals surface area contributed by atoms with E-state index < -0.39 is 0 Å². The van der Waals surface area contributed by atoms with Gasteiger partial charge in [0.15, 0.2) is 0 Å². The first-order valence-electron chi connectivity index (χ1n) is 8.68. The minimum atomic E-state index is -0.0681. The van der Waals surface area contributed by atoms with Crippen molar-refractivity contribution in [2.45, 2.75) is 52.9 Å². The molecule has 0 spiro atoms. The highest BCUT2D eigenvalue weighted by Crippen LogP contribution is 2.27. The first kappa shape index (κ1) is 16.7. The van der Waals surface area contributed by atoms with Gasteiger partial charge in [-0.25, -0.2) is 0 Å². The van der Waals surface area contributed by atoms with Gasteiger partial charge in [0.2, 0.25) is 5.91 Å². The van der Waals surface area contributed by atoms with E-state index in [2.05, 4.69) is 21.4 Å². The fourth-order valence-corrected chi connectivity index (χ4v) is 3.57. The van der Waals surface area contributed by atoms with Gasteiger partial charge in [-0.1, -0.05) is 12.1 Å². The molecule has 0 saturated carbocycles. The molecule has 0 aromatic carbocycles. The zero-order valence-electron chi connectivity index (χ0n) is 14.9. The number of carbonyl (C=O) groups excluding carboxylic acids is 1. The zero-order chi connectivity index (χ0) is 17.3. The fourth-order valence-electron chi connectivity index (χ4n) is 3.57. The highest BCUT2D eigenvalue weighted by atomic mass is 16.5. The molecule has 3 heterocycles. The van der Waals surface area contributed by atoms with Crippen LogP contribution in [0.3, 0.4) is 0 Å². The second-order valence-corrected chi connectivity index (χ2v) is 7.01.